The minimum absolute atomic E-state index is 0.226. The Bertz CT molecular complexity index is 780. The van der Waals surface area contributed by atoms with Gasteiger partial charge >= 0.3 is 0 Å². The summed E-state index contributed by atoms with van der Waals surface area (Å²) in [6.45, 7) is 0.630. The quantitative estimate of drug-likeness (QED) is 0.744. The fourth-order valence-corrected chi connectivity index (χ4v) is 3.49. The number of ether oxygens (including phenoxy) is 4. The molecule has 6 heteroatoms. The van der Waals surface area contributed by atoms with E-state index >= 15 is 0 Å². The Labute approximate surface area is 153 Å². The topological polar surface area (TPSA) is 57.2 Å². The molecule has 0 saturated carbocycles. The van der Waals surface area contributed by atoms with Crippen LogP contribution in [-0.2, 0) is 11.2 Å². The summed E-state index contributed by atoms with van der Waals surface area (Å²) in [5.41, 5.74) is 3.14. The van der Waals surface area contributed by atoms with Gasteiger partial charge in [0, 0.05) is 6.54 Å². The van der Waals surface area contributed by atoms with Crippen molar-refractivity contribution in [3.63, 3.8) is 0 Å². The summed E-state index contributed by atoms with van der Waals surface area (Å²) in [5, 5.41) is 0. The van der Waals surface area contributed by atoms with Crippen LogP contribution < -0.4 is 18.9 Å². The first-order valence-corrected chi connectivity index (χ1v) is 8.34. The van der Waals surface area contributed by atoms with Gasteiger partial charge in [0.2, 0.25) is 12.2 Å². The maximum Gasteiger partial charge on any atom is 0.210 e. The highest BCUT2D eigenvalue weighted by atomic mass is 16.5. The van der Waals surface area contributed by atoms with Crippen LogP contribution in [0.1, 0.15) is 22.7 Å². The number of hydrogen-bond acceptors (Lipinski definition) is 5. The molecule has 1 amide bonds. The smallest absolute Gasteiger partial charge is 0.210 e. The number of carbonyl (C=O) groups excluding carboxylic acids is 1. The summed E-state index contributed by atoms with van der Waals surface area (Å²) in [7, 11) is 6.38. The molecule has 3 rings (SSSR count). The predicted molar refractivity (Wildman–Crippen MR) is 97.4 cm³/mol. The molecule has 0 spiro atoms. The van der Waals surface area contributed by atoms with E-state index in [4.69, 9.17) is 18.9 Å². The van der Waals surface area contributed by atoms with Gasteiger partial charge in [-0.15, -0.1) is 0 Å². The van der Waals surface area contributed by atoms with Gasteiger partial charge in [-0.25, -0.2) is 0 Å². The van der Waals surface area contributed by atoms with Gasteiger partial charge in [-0.3, -0.25) is 4.79 Å². The molecule has 0 saturated heterocycles. The van der Waals surface area contributed by atoms with E-state index < -0.39 is 0 Å². The minimum Gasteiger partial charge on any atom is -0.497 e. The Morgan fingerprint density at radius 2 is 1.65 bits per heavy atom. The third kappa shape index (κ3) is 3.03. The molecule has 0 N–H and O–H groups in total. The third-order valence-corrected chi connectivity index (χ3v) is 4.75. The molecule has 6 nitrogen and oxygen atoms in total. The Morgan fingerprint density at radius 1 is 0.962 bits per heavy atom. The van der Waals surface area contributed by atoms with E-state index in [0.717, 1.165) is 29.7 Å². The summed E-state index contributed by atoms with van der Waals surface area (Å²) in [4.78, 5) is 13.5. The van der Waals surface area contributed by atoms with Crippen molar-refractivity contribution in [3.8, 4) is 23.0 Å². The van der Waals surface area contributed by atoms with Crippen LogP contribution in [0.4, 0.5) is 0 Å². The van der Waals surface area contributed by atoms with E-state index in [0.29, 0.717) is 23.8 Å². The summed E-state index contributed by atoms with van der Waals surface area (Å²) < 4.78 is 21.7. The Hall–Kier alpha value is -2.89. The highest BCUT2D eigenvalue weighted by Crippen LogP contribution is 2.43. The molecule has 1 aliphatic heterocycles. The van der Waals surface area contributed by atoms with Crippen molar-refractivity contribution in [3.05, 3.63) is 47.0 Å². The number of rotatable bonds is 6. The van der Waals surface area contributed by atoms with Crippen LogP contribution in [0.15, 0.2) is 30.3 Å². The van der Waals surface area contributed by atoms with Gasteiger partial charge in [0.1, 0.15) is 5.75 Å². The van der Waals surface area contributed by atoms with Gasteiger partial charge in [-0.2, -0.15) is 0 Å². The zero-order valence-corrected chi connectivity index (χ0v) is 15.4. The van der Waals surface area contributed by atoms with Gasteiger partial charge < -0.3 is 23.8 Å². The highest BCUT2D eigenvalue weighted by Gasteiger charge is 2.30. The summed E-state index contributed by atoms with van der Waals surface area (Å²) >= 11 is 0. The van der Waals surface area contributed by atoms with Crippen molar-refractivity contribution in [1.29, 1.82) is 0 Å². The van der Waals surface area contributed by atoms with Crippen molar-refractivity contribution in [2.45, 2.75) is 12.5 Å². The lowest BCUT2D eigenvalue weighted by molar-refractivity contribution is -0.119. The second-order valence-corrected chi connectivity index (χ2v) is 6.02. The van der Waals surface area contributed by atoms with Crippen molar-refractivity contribution in [2.24, 2.45) is 0 Å². The molecule has 2 aromatic rings. The lowest BCUT2D eigenvalue weighted by Gasteiger charge is -2.35. The van der Waals surface area contributed by atoms with Crippen LogP contribution in [0.5, 0.6) is 23.0 Å². The number of benzene rings is 2. The third-order valence-electron chi connectivity index (χ3n) is 4.75. The van der Waals surface area contributed by atoms with Gasteiger partial charge in [-0.05, 0) is 47.4 Å². The van der Waals surface area contributed by atoms with Gasteiger partial charge in [0.15, 0.2) is 11.5 Å². The second-order valence-electron chi connectivity index (χ2n) is 6.02. The van der Waals surface area contributed by atoms with E-state index in [1.165, 1.54) is 5.56 Å². The molecule has 1 atom stereocenters. The fourth-order valence-electron chi connectivity index (χ4n) is 3.49. The van der Waals surface area contributed by atoms with E-state index in [1.807, 2.05) is 30.3 Å². The Balaban J connectivity index is 2.16. The van der Waals surface area contributed by atoms with Crippen LogP contribution in [-0.4, -0.2) is 46.3 Å². The SMILES string of the molecule is COc1ccc2c(c1)CCN(C=O)C2c1cc(OC)c(OC)c(OC)c1. The molecule has 1 heterocycles. The number of methoxy groups -OCH3 is 4. The Kier molecular flexibility index (Phi) is 5.21. The number of hydrogen-bond donors (Lipinski definition) is 0. The largest absolute Gasteiger partial charge is 0.497 e. The van der Waals surface area contributed by atoms with Gasteiger partial charge in [0.25, 0.3) is 0 Å². The molecule has 0 radical (unpaired) electrons. The predicted octanol–water partition coefficient (Wildman–Crippen LogP) is 2.82. The second kappa shape index (κ2) is 7.56. The standard InChI is InChI=1S/C20H23NO5/c1-23-15-5-6-16-13(9-15)7-8-21(12-22)19(16)14-10-17(24-2)20(26-4)18(11-14)25-3/h5-6,9-12,19H,7-8H2,1-4H3. The molecular weight excluding hydrogens is 334 g/mol. The maximum atomic E-state index is 11.7. The van der Waals surface area contributed by atoms with Crippen LogP contribution in [0, 0.1) is 0 Å². The average Bonchev–Trinajstić information content (AvgIpc) is 2.70. The van der Waals surface area contributed by atoms with Crippen molar-refractivity contribution in [1.82, 2.24) is 4.90 Å². The summed E-state index contributed by atoms with van der Waals surface area (Å²) in [6.07, 6.45) is 1.67. The number of carbonyl (C=O) groups is 1. The number of amides is 1. The first kappa shape index (κ1) is 17.9. The minimum atomic E-state index is -0.226. The molecule has 138 valence electrons. The normalized spacial score (nSPS) is 15.8. The van der Waals surface area contributed by atoms with Crippen LogP contribution >= 0.6 is 0 Å². The average molecular weight is 357 g/mol. The summed E-state index contributed by atoms with van der Waals surface area (Å²) in [5.74, 6) is 2.47. The van der Waals surface area contributed by atoms with Gasteiger partial charge in [0.05, 0.1) is 34.5 Å². The zero-order valence-electron chi connectivity index (χ0n) is 15.4. The van der Waals surface area contributed by atoms with Crippen molar-refractivity contribution >= 4 is 6.41 Å². The van der Waals surface area contributed by atoms with Crippen LogP contribution in [0.3, 0.4) is 0 Å². The molecule has 0 aromatic heterocycles. The van der Waals surface area contributed by atoms with E-state index in [9.17, 15) is 4.79 Å². The molecular formula is C20H23NO5. The number of fused-ring (bicyclic) bond motifs is 1. The monoisotopic (exact) mass is 357 g/mol. The molecule has 0 aliphatic carbocycles. The fraction of sp³-hybridized carbons (Fsp3) is 0.350. The lowest BCUT2D eigenvalue weighted by Crippen LogP contribution is -2.35. The van der Waals surface area contributed by atoms with Crippen molar-refractivity contribution in [2.75, 3.05) is 35.0 Å². The molecule has 0 bridgehead atoms. The molecule has 2 aromatic carbocycles. The lowest BCUT2D eigenvalue weighted by atomic mass is 9.88. The number of nitrogens with zero attached hydrogens (tertiary/aromatic N) is 1. The molecule has 1 unspecified atom stereocenters. The zero-order chi connectivity index (χ0) is 18.7. The molecule has 26 heavy (non-hydrogen) atoms. The van der Waals surface area contributed by atoms with E-state index in [2.05, 4.69) is 0 Å². The van der Waals surface area contributed by atoms with Crippen molar-refractivity contribution < 1.29 is 23.7 Å². The van der Waals surface area contributed by atoms with Gasteiger partial charge in [-0.1, -0.05) is 6.07 Å². The first-order chi connectivity index (χ1) is 12.7. The van der Waals surface area contributed by atoms with Crippen LogP contribution in [0.25, 0.3) is 0 Å². The van der Waals surface area contributed by atoms with Crippen LogP contribution in [0.2, 0.25) is 0 Å². The molecule has 0 fully saturated rings. The maximum absolute atomic E-state index is 11.7. The Morgan fingerprint density at radius 3 is 2.19 bits per heavy atom. The first-order valence-electron chi connectivity index (χ1n) is 8.34. The summed E-state index contributed by atoms with van der Waals surface area (Å²) in [6, 6.07) is 9.51. The molecule has 1 aliphatic rings. The highest BCUT2D eigenvalue weighted by molar-refractivity contribution is 5.59. The van der Waals surface area contributed by atoms with E-state index in [-0.39, 0.29) is 6.04 Å². The van der Waals surface area contributed by atoms with E-state index in [1.54, 1.807) is 33.3 Å².